The summed E-state index contributed by atoms with van der Waals surface area (Å²) in [6, 6.07) is 8.39. The van der Waals surface area contributed by atoms with Crippen LogP contribution < -0.4 is 0 Å². The Morgan fingerprint density at radius 3 is 2.82 bits per heavy atom. The fourth-order valence-electron chi connectivity index (χ4n) is 2.52. The molecular formula is C18H19BrN2O. The van der Waals surface area contributed by atoms with Gasteiger partial charge in [-0.3, -0.25) is 0 Å². The zero-order chi connectivity index (χ0) is 15.2. The molecule has 0 saturated carbocycles. The van der Waals surface area contributed by atoms with Gasteiger partial charge in [-0.2, -0.15) is 0 Å². The first kappa shape index (κ1) is 15.1. The van der Waals surface area contributed by atoms with Crippen LogP contribution in [0.1, 0.15) is 30.9 Å². The van der Waals surface area contributed by atoms with Gasteiger partial charge in [-0.25, -0.2) is 4.98 Å². The number of halogens is 1. The Bertz CT molecular complexity index is 644. The molecule has 0 aliphatic heterocycles. The summed E-state index contributed by atoms with van der Waals surface area (Å²) >= 11 is 3.49. The molecule has 1 atom stereocenters. The summed E-state index contributed by atoms with van der Waals surface area (Å²) in [7, 11) is 0. The highest BCUT2D eigenvalue weighted by molar-refractivity contribution is 9.10. The highest BCUT2D eigenvalue weighted by atomic mass is 79.9. The van der Waals surface area contributed by atoms with E-state index in [4.69, 9.17) is 4.74 Å². The van der Waals surface area contributed by atoms with Crippen molar-refractivity contribution < 1.29 is 4.74 Å². The van der Waals surface area contributed by atoms with E-state index in [0.717, 1.165) is 36.0 Å². The van der Waals surface area contributed by atoms with Gasteiger partial charge in [-0.15, -0.1) is 0 Å². The molecule has 2 aromatic rings. The number of aryl methyl sites for hydroxylation is 1. The van der Waals surface area contributed by atoms with E-state index >= 15 is 0 Å². The third kappa shape index (κ3) is 4.10. The molecule has 114 valence electrons. The van der Waals surface area contributed by atoms with Crippen molar-refractivity contribution in [1.82, 2.24) is 9.55 Å². The third-order valence-electron chi connectivity index (χ3n) is 3.72. The van der Waals surface area contributed by atoms with Crippen LogP contribution in [0.15, 0.2) is 71.4 Å². The van der Waals surface area contributed by atoms with E-state index in [2.05, 4.69) is 68.0 Å². The number of rotatable bonds is 6. The minimum atomic E-state index is 0.0632. The van der Waals surface area contributed by atoms with Crippen LogP contribution in [0.5, 0.6) is 0 Å². The summed E-state index contributed by atoms with van der Waals surface area (Å²) in [5.74, 6) is 1.07. The number of aromatic nitrogens is 2. The summed E-state index contributed by atoms with van der Waals surface area (Å²) in [4.78, 5) is 4.10. The smallest absolute Gasteiger partial charge is 0.125 e. The van der Waals surface area contributed by atoms with Crippen LogP contribution >= 0.6 is 15.9 Å². The molecular weight excluding hydrogens is 340 g/mol. The fraction of sp³-hybridized carbons (Fsp3) is 0.278. The maximum atomic E-state index is 6.28. The standard InChI is InChI=1S/C18H19BrN2O/c19-16-8-6-15(7-9-16)18(10-12-21-13-11-20-14-21)22-17-4-2-1-3-5-17/h1-2,4,6-9,11,13-14,18H,3,5,10,12H2. The molecule has 1 aromatic heterocycles. The first-order valence-electron chi connectivity index (χ1n) is 7.55. The second-order valence-corrected chi connectivity index (χ2v) is 6.26. The molecule has 0 amide bonds. The summed E-state index contributed by atoms with van der Waals surface area (Å²) in [5, 5.41) is 0. The zero-order valence-corrected chi connectivity index (χ0v) is 13.9. The van der Waals surface area contributed by atoms with Gasteiger partial charge in [-0.1, -0.05) is 40.2 Å². The lowest BCUT2D eigenvalue weighted by Gasteiger charge is -2.22. The van der Waals surface area contributed by atoms with Gasteiger partial charge in [0.2, 0.25) is 0 Å². The molecule has 1 aliphatic carbocycles. The van der Waals surface area contributed by atoms with Crippen molar-refractivity contribution in [1.29, 1.82) is 0 Å². The normalized spacial score (nSPS) is 15.4. The number of imidazole rings is 1. The Morgan fingerprint density at radius 1 is 1.27 bits per heavy atom. The summed E-state index contributed by atoms with van der Waals surface area (Å²) in [6.45, 7) is 0.893. The van der Waals surface area contributed by atoms with Crippen LogP contribution in [0, 0.1) is 0 Å². The van der Waals surface area contributed by atoms with E-state index in [1.807, 2.05) is 18.7 Å². The number of hydrogen-bond acceptors (Lipinski definition) is 2. The number of ether oxygens (including phenoxy) is 1. The largest absolute Gasteiger partial charge is 0.490 e. The Morgan fingerprint density at radius 2 is 2.14 bits per heavy atom. The molecule has 3 rings (SSSR count). The molecule has 0 fully saturated rings. The Kier molecular flexibility index (Phi) is 5.11. The van der Waals surface area contributed by atoms with Crippen molar-refractivity contribution in [2.24, 2.45) is 0 Å². The van der Waals surface area contributed by atoms with Gasteiger partial charge in [0.1, 0.15) is 6.10 Å². The molecule has 3 nitrogen and oxygen atoms in total. The first-order chi connectivity index (χ1) is 10.8. The van der Waals surface area contributed by atoms with Crippen molar-refractivity contribution in [3.8, 4) is 0 Å². The Balaban J connectivity index is 1.73. The second-order valence-electron chi connectivity index (χ2n) is 5.35. The van der Waals surface area contributed by atoms with Gasteiger partial charge >= 0.3 is 0 Å². The minimum absolute atomic E-state index is 0.0632. The quantitative estimate of drug-likeness (QED) is 0.724. The molecule has 22 heavy (non-hydrogen) atoms. The third-order valence-corrected chi connectivity index (χ3v) is 4.25. The lowest BCUT2D eigenvalue weighted by Crippen LogP contribution is -2.09. The van der Waals surface area contributed by atoms with Gasteiger partial charge in [0.15, 0.2) is 0 Å². The average molecular weight is 359 g/mol. The average Bonchev–Trinajstić information content (AvgIpc) is 3.07. The van der Waals surface area contributed by atoms with Gasteiger partial charge in [0.05, 0.1) is 12.1 Å². The van der Waals surface area contributed by atoms with Gasteiger partial charge < -0.3 is 9.30 Å². The van der Waals surface area contributed by atoms with Crippen LogP contribution in [0.3, 0.4) is 0 Å². The lowest BCUT2D eigenvalue weighted by atomic mass is 10.1. The van der Waals surface area contributed by atoms with E-state index in [-0.39, 0.29) is 6.10 Å². The zero-order valence-electron chi connectivity index (χ0n) is 12.4. The van der Waals surface area contributed by atoms with Crippen LogP contribution in [0.4, 0.5) is 0 Å². The summed E-state index contributed by atoms with van der Waals surface area (Å²) < 4.78 is 9.45. The maximum absolute atomic E-state index is 6.28. The topological polar surface area (TPSA) is 27.1 Å². The van der Waals surface area contributed by atoms with Crippen molar-refractivity contribution in [2.45, 2.75) is 31.9 Å². The van der Waals surface area contributed by atoms with Crippen molar-refractivity contribution in [3.63, 3.8) is 0 Å². The molecule has 4 heteroatoms. The van der Waals surface area contributed by atoms with Crippen LogP contribution in [0.2, 0.25) is 0 Å². The summed E-state index contributed by atoms with van der Waals surface area (Å²) in [5.41, 5.74) is 1.21. The lowest BCUT2D eigenvalue weighted by molar-refractivity contribution is 0.0976. The molecule has 0 radical (unpaired) electrons. The van der Waals surface area contributed by atoms with Gasteiger partial charge in [-0.05, 0) is 30.2 Å². The van der Waals surface area contributed by atoms with Gasteiger partial charge in [0.25, 0.3) is 0 Å². The Labute approximate surface area is 139 Å². The Hall–Kier alpha value is -1.81. The molecule has 0 N–H and O–H groups in total. The number of benzene rings is 1. The van der Waals surface area contributed by atoms with Crippen LogP contribution in [0.25, 0.3) is 0 Å². The van der Waals surface area contributed by atoms with Crippen molar-refractivity contribution in [2.75, 3.05) is 0 Å². The van der Waals surface area contributed by atoms with E-state index in [0.29, 0.717) is 0 Å². The summed E-state index contributed by atoms with van der Waals surface area (Å²) in [6.07, 6.45) is 15.0. The highest BCUT2D eigenvalue weighted by Crippen LogP contribution is 2.28. The monoisotopic (exact) mass is 358 g/mol. The predicted molar refractivity (Wildman–Crippen MR) is 91.3 cm³/mol. The first-order valence-corrected chi connectivity index (χ1v) is 8.34. The van der Waals surface area contributed by atoms with E-state index in [9.17, 15) is 0 Å². The number of hydrogen-bond donors (Lipinski definition) is 0. The molecule has 1 heterocycles. The van der Waals surface area contributed by atoms with E-state index < -0.39 is 0 Å². The molecule has 1 aromatic carbocycles. The van der Waals surface area contributed by atoms with Crippen LogP contribution in [-0.2, 0) is 11.3 Å². The van der Waals surface area contributed by atoms with E-state index in [1.54, 1.807) is 0 Å². The van der Waals surface area contributed by atoms with E-state index in [1.165, 1.54) is 5.56 Å². The number of allylic oxidation sites excluding steroid dienone is 4. The SMILES string of the molecule is Brc1ccc(C(CCn2ccnc2)OC2=CC=CCC2)cc1. The molecule has 0 bridgehead atoms. The molecule has 1 aliphatic rings. The minimum Gasteiger partial charge on any atom is -0.490 e. The molecule has 0 spiro atoms. The molecule has 1 unspecified atom stereocenters. The fourth-order valence-corrected chi connectivity index (χ4v) is 2.78. The van der Waals surface area contributed by atoms with Crippen LogP contribution in [-0.4, -0.2) is 9.55 Å². The maximum Gasteiger partial charge on any atom is 0.125 e. The van der Waals surface area contributed by atoms with Gasteiger partial charge in [0, 0.05) is 36.3 Å². The second kappa shape index (κ2) is 7.45. The van der Waals surface area contributed by atoms with Crippen molar-refractivity contribution in [3.05, 3.63) is 77.0 Å². The van der Waals surface area contributed by atoms with Crippen molar-refractivity contribution >= 4 is 15.9 Å². The number of nitrogens with zero attached hydrogens (tertiary/aromatic N) is 2. The predicted octanol–water partition coefficient (Wildman–Crippen LogP) is 5.03. The highest BCUT2D eigenvalue weighted by Gasteiger charge is 2.15. The molecule has 0 saturated heterocycles.